The molecule has 3 aromatic rings. The van der Waals surface area contributed by atoms with Crippen LogP contribution < -0.4 is 4.90 Å². The van der Waals surface area contributed by atoms with Crippen molar-refractivity contribution in [1.29, 1.82) is 0 Å². The van der Waals surface area contributed by atoms with Gasteiger partial charge < -0.3 is 4.90 Å². The lowest BCUT2D eigenvalue weighted by Crippen LogP contribution is -2.39. The van der Waals surface area contributed by atoms with Crippen LogP contribution in [0.25, 0.3) is 10.2 Å². The number of likely N-dealkylation sites (N-methyl/N-ethyl adjacent to an activating group) is 1. The minimum absolute atomic E-state index is 0.00577. The first-order valence-corrected chi connectivity index (χ1v) is 12.6. The van der Waals surface area contributed by atoms with Gasteiger partial charge in [-0.15, -0.1) is 0 Å². The van der Waals surface area contributed by atoms with Gasteiger partial charge in [0, 0.05) is 18.7 Å². The summed E-state index contributed by atoms with van der Waals surface area (Å²) in [6, 6.07) is 14.1. The van der Waals surface area contributed by atoms with Crippen molar-refractivity contribution >= 4 is 42.4 Å². The van der Waals surface area contributed by atoms with E-state index in [1.165, 1.54) is 23.5 Å². The molecule has 0 spiro atoms. The van der Waals surface area contributed by atoms with Crippen LogP contribution in [0.1, 0.15) is 31.1 Å². The van der Waals surface area contributed by atoms with Crippen LogP contribution in [0.15, 0.2) is 53.4 Å². The van der Waals surface area contributed by atoms with Crippen LogP contribution in [0.5, 0.6) is 0 Å². The molecule has 0 saturated heterocycles. The first kappa shape index (κ1) is 22.4. The highest BCUT2D eigenvalue weighted by Crippen LogP contribution is 2.30. The van der Waals surface area contributed by atoms with Crippen LogP contribution in [-0.4, -0.2) is 56.1 Å². The summed E-state index contributed by atoms with van der Waals surface area (Å²) < 4.78 is 25.6. The van der Waals surface area contributed by atoms with Gasteiger partial charge in [-0.05, 0) is 43.4 Å². The van der Waals surface area contributed by atoms with Crippen molar-refractivity contribution in [3.05, 3.63) is 54.1 Å². The number of carbonyl (C=O) groups excluding carboxylic acids is 1. The van der Waals surface area contributed by atoms with Gasteiger partial charge in [-0.1, -0.05) is 50.3 Å². The zero-order valence-electron chi connectivity index (χ0n) is 17.5. The molecule has 0 aliphatic heterocycles. The topological polar surface area (TPSA) is 70.6 Å². The van der Waals surface area contributed by atoms with Gasteiger partial charge >= 0.3 is 0 Å². The number of sulfone groups is 1. The summed E-state index contributed by atoms with van der Waals surface area (Å²) in [5, 5.41) is 0.622. The van der Waals surface area contributed by atoms with E-state index >= 15 is 0 Å². The molecule has 30 heavy (non-hydrogen) atoms. The number of amides is 1. The van der Waals surface area contributed by atoms with Crippen molar-refractivity contribution in [3.63, 3.8) is 0 Å². The highest BCUT2D eigenvalue weighted by atomic mass is 32.2. The summed E-state index contributed by atoms with van der Waals surface area (Å²) in [5.41, 5.74) is 1.20. The summed E-state index contributed by atoms with van der Waals surface area (Å²) in [7, 11) is -3.39. The van der Waals surface area contributed by atoms with Crippen LogP contribution in [-0.2, 0) is 9.84 Å². The second kappa shape index (κ2) is 9.68. The number of hydrogen-bond acceptors (Lipinski definition) is 6. The lowest BCUT2D eigenvalue weighted by molar-refractivity contribution is 0.0983. The Labute approximate surface area is 182 Å². The number of thiazole rings is 1. The number of rotatable bonds is 9. The molecule has 0 saturated carbocycles. The molecule has 3 rings (SSSR count). The summed E-state index contributed by atoms with van der Waals surface area (Å²) in [6.07, 6.45) is 0. The molecule has 0 radical (unpaired) electrons. The maximum absolute atomic E-state index is 13.5. The number of aromatic nitrogens is 1. The van der Waals surface area contributed by atoms with E-state index in [2.05, 4.69) is 23.7 Å². The van der Waals surface area contributed by atoms with Crippen molar-refractivity contribution < 1.29 is 13.2 Å². The number of anilines is 1. The van der Waals surface area contributed by atoms with Crippen molar-refractivity contribution in [2.45, 2.75) is 25.7 Å². The Bertz CT molecular complexity index is 1090. The monoisotopic (exact) mass is 445 g/mol. The molecule has 0 bridgehead atoms. The lowest BCUT2D eigenvalue weighted by atomic mass is 10.2. The molecule has 0 aliphatic rings. The van der Waals surface area contributed by atoms with Gasteiger partial charge in [0.05, 0.1) is 20.9 Å². The molecule has 0 aliphatic carbocycles. The van der Waals surface area contributed by atoms with E-state index in [-0.39, 0.29) is 16.6 Å². The quantitative estimate of drug-likeness (QED) is 0.496. The molecule has 8 heteroatoms. The number of fused-ring (bicyclic) bond motifs is 1. The van der Waals surface area contributed by atoms with Crippen LogP contribution in [0, 0.1) is 0 Å². The number of hydrogen-bond donors (Lipinski definition) is 0. The summed E-state index contributed by atoms with van der Waals surface area (Å²) in [4.78, 5) is 22.2. The molecular formula is C22H27N3O3S2. The first-order valence-electron chi connectivity index (χ1n) is 10.1. The summed E-state index contributed by atoms with van der Waals surface area (Å²) in [5.74, 6) is -0.247. The molecule has 0 atom stereocenters. The molecule has 0 fully saturated rings. The van der Waals surface area contributed by atoms with Gasteiger partial charge in [0.1, 0.15) is 0 Å². The number of carbonyl (C=O) groups is 1. The Hall–Kier alpha value is -2.29. The average Bonchev–Trinajstić information content (AvgIpc) is 3.20. The van der Waals surface area contributed by atoms with Crippen LogP contribution in [0.3, 0.4) is 0 Å². The standard InChI is InChI=1S/C22H27N3O3S2/c1-4-24(5-2)14-15-25(22-23-19-12-7-8-13-20(19)29-22)21(26)17-10-9-11-18(16-17)30(27,28)6-3/h7-13,16H,4-6,14-15H2,1-3H3. The van der Waals surface area contributed by atoms with Crippen LogP contribution in [0.4, 0.5) is 5.13 Å². The van der Waals surface area contributed by atoms with Gasteiger partial charge in [0.15, 0.2) is 15.0 Å². The fourth-order valence-electron chi connectivity index (χ4n) is 3.19. The van der Waals surface area contributed by atoms with E-state index in [1.807, 2.05) is 24.3 Å². The van der Waals surface area contributed by atoms with E-state index in [0.29, 0.717) is 23.8 Å². The molecular weight excluding hydrogens is 418 g/mol. The second-order valence-electron chi connectivity index (χ2n) is 6.88. The van der Waals surface area contributed by atoms with Gasteiger partial charge in [0.2, 0.25) is 0 Å². The summed E-state index contributed by atoms with van der Waals surface area (Å²) >= 11 is 1.47. The number of para-hydroxylation sites is 1. The zero-order valence-corrected chi connectivity index (χ0v) is 19.2. The Morgan fingerprint density at radius 2 is 1.73 bits per heavy atom. The second-order valence-corrected chi connectivity index (χ2v) is 10.2. The van der Waals surface area contributed by atoms with Crippen LogP contribution >= 0.6 is 11.3 Å². The van der Waals surface area contributed by atoms with Crippen molar-refractivity contribution in [2.24, 2.45) is 0 Å². The van der Waals surface area contributed by atoms with Crippen molar-refractivity contribution in [2.75, 3.05) is 36.8 Å². The zero-order chi connectivity index (χ0) is 21.7. The van der Waals surface area contributed by atoms with E-state index in [1.54, 1.807) is 24.0 Å². The smallest absolute Gasteiger partial charge is 0.260 e. The van der Waals surface area contributed by atoms with Gasteiger partial charge in [-0.25, -0.2) is 13.4 Å². The fraction of sp³-hybridized carbons (Fsp3) is 0.364. The van der Waals surface area contributed by atoms with E-state index in [0.717, 1.165) is 23.3 Å². The van der Waals surface area contributed by atoms with E-state index in [9.17, 15) is 13.2 Å². The Balaban J connectivity index is 1.99. The molecule has 160 valence electrons. The third kappa shape index (κ3) is 4.88. The Morgan fingerprint density at radius 3 is 2.40 bits per heavy atom. The molecule has 1 heterocycles. The predicted molar refractivity (Wildman–Crippen MR) is 123 cm³/mol. The van der Waals surface area contributed by atoms with Gasteiger partial charge in [0.25, 0.3) is 5.91 Å². The first-order chi connectivity index (χ1) is 14.4. The Morgan fingerprint density at radius 1 is 1.00 bits per heavy atom. The maximum Gasteiger partial charge on any atom is 0.260 e. The van der Waals surface area contributed by atoms with Gasteiger partial charge in [-0.3, -0.25) is 9.69 Å². The minimum atomic E-state index is -3.39. The highest BCUT2D eigenvalue weighted by molar-refractivity contribution is 7.91. The van der Waals surface area contributed by atoms with Crippen molar-refractivity contribution in [1.82, 2.24) is 9.88 Å². The van der Waals surface area contributed by atoms with Crippen LogP contribution in [0.2, 0.25) is 0 Å². The highest BCUT2D eigenvalue weighted by Gasteiger charge is 2.23. The normalized spacial score (nSPS) is 11.9. The van der Waals surface area contributed by atoms with Gasteiger partial charge in [-0.2, -0.15) is 0 Å². The van der Waals surface area contributed by atoms with E-state index in [4.69, 9.17) is 0 Å². The SMILES string of the molecule is CCN(CC)CCN(C(=O)c1cccc(S(=O)(=O)CC)c1)c1nc2ccccc2s1. The molecule has 0 N–H and O–H groups in total. The molecule has 0 unspecified atom stereocenters. The molecule has 2 aromatic carbocycles. The molecule has 1 aromatic heterocycles. The third-order valence-electron chi connectivity index (χ3n) is 5.11. The maximum atomic E-state index is 13.5. The number of benzene rings is 2. The lowest BCUT2D eigenvalue weighted by Gasteiger charge is -2.25. The largest absolute Gasteiger partial charge is 0.302 e. The summed E-state index contributed by atoms with van der Waals surface area (Å²) in [6.45, 7) is 8.75. The molecule has 6 nitrogen and oxygen atoms in total. The van der Waals surface area contributed by atoms with E-state index < -0.39 is 9.84 Å². The molecule has 1 amide bonds. The minimum Gasteiger partial charge on any atom is -0.302 e. The third-order valence-corrected chi connectivity index (χ3v) is 7.90. The Kier molecular flexibility index (Phi) is 7.23. The predicted octanol–water partition coefficient (Wildman–Crippen LogP) is 4.08. The fourth-order valence-corrected chi connectivity index (χ4v) is 5.10. The average molecular weight is 446 g/mol. The number of nitrogens with zero attached hydrogens (tertiary/aromatic N) is 3. The van der Waals surface area contributed by atoms with Crippen molar-refractivity contribution in [3.8, 4) is 0 Å².